The van der Waals surface area contributed by atoms with Crippen LogP contribution in [0.4, 0.5) is 0 Å². The monoisotopic (exact) mass is 239 g/mol. The van der Waals surface area contributed by atoms with E-state index in [1.165, 1.54) is 16.3 Å². The van der Waals surface area contributed by atoms with E-state index >= 15 is 0 Å². The fourth-order valence-electron chi connectivity index (χ4n) is 1.97. The highest BCUT2D eigenvalue weighted by Crippen LogP contribution is 2.30. The molecule has 1 unspecified atom stereocenters. The Morgan fingerprint density at radius 1 is 1.13 bits per heavy atom. The number of thiophene rings is 1. The smallest absolute Gasteiger partial charge is 0.0932 e. The third-order valence-corrected chi connectivity index (χ3v) is 4.12. The first-order valence-corrected chi connectivity index (χ1v) is 6.18. The Hall–Kier alpha value is -0.730. The van der Waals surface area contributed by atoms with Gasteiger partial charge in [-0.15, -0.1) is 11.3 Å². The topological polar surface area (TPSA) is 4.93 Å². The normalized spacial score (nSPS) is 13.1. The lowest BCUT2D eigenvalue weighted by Crippen LogP contribution is -2.08. The summed E-state index contributed by atoms with van der Waals surface area (Å²) in [6.45, 7) is 6.49. The molecule has 0 aliphatic carbocycles. The molecule has 0 fully saturated rings. The van der Waals surface area contributed by atoms with Crippen molar-refractivity contribution in [1.29, 1.82) is 0 Å². The molecule has 0 amide bonds. The second-order valence-corrected chi connectivity index (χ2v) is 5.55. The number of aryl methyl sites for hydroxylation is 2. The molecule has 0 radical (unpaired) electrons. The van der Waals surface area contributed by atoms with Gasteiger partial charge in [0.1, 0.15) is 0 Å². The molecule has 0 bridgehead atoms. The van der Waals surface area contributed by atoms with Crippen molar-refractivity contribution in [1.82, 2.24) is 4.57 Å². The zero-order valence-corrected chi connectivity index (χ0v) is 10.7. The van der Waals surface area contributed by atoms with Gasteiger partial charge in [-0.3, -0.25) is 0 Å². The van der Waals surface area contributed by atoms with Crippen molar-refractivity contribution in [2.45, 2.75) is 26.8 Å². The van der Waals surface area contributed by atoms with Crippen LogP contribution in [0.15, 0.2) is 24.3 Å². The molecule has 1 nitrogen and oxygen atoms in total. The van der Waals surface area contributed by atoms with Gasteiger partial charge in [0.15, 0.2) is 0 Å². The van der Waals surface area contributed by atoms with Crippen molar-refractivity contribution >= 4 is 22.9 Å². The van der Waals surface area contributed by atoms with Gasteiger partial charge in [-0.05, 0) is 45.0 Å². The number of nitrogens with zero attached hydrogens (tertiary/aromatic N) is 1. The fraction of sp³-hybridized carbons (Fsp3) is 0.333. The molecule has 80 valence electrons. The Morgan fingerprint density at radius 2 is 1.73 bits per heavy atom. The van der Waals surface area contributed by atoms with Crippen molar-refractivity contribution in [3.63, 3.8) is 0 Å². The summed E-state index contributed by atoms with van der Waals surface area (Å²) in [6.07, 6.45) is 0. The first-order valence-electron chi connectivity index (χ1n) is 4.99. The molecule has 2 rings (SSSR count). The number of aromatic nitrogens is 1. The van der Waals surface area contributed by atoms with E-state index in [1.54, 1.807) is 11.3 Å². The predicted molar refractivity (Wildman–Crippen MR) is 67.0 cm³/mol. The van der Waals surface area contributed by atoms with E-state index in [1.807, 2.05) is 6.07 Å². The van der Waals surface area contributed by atoms with Gasteiger partial charge in [-0.1, -0.05) is 11.6 Å². The van der Waals surface area contributed by atoms with Gasteiger partial charge in [-0.2, -0.15) is 0 Å². The van der Waals surface area contributed by atoms with Gasteiger partial charge in [-0.25, -0.2) is 0 Å². The summed E-state index contributed by atoms with van der Waals surface area (Å²) in [5.41, 5.74) is 2.59. The van der Waals surface area contributed by atoms with Crippen LogP contribution in [0.1, 0.15) is 29.2 Å². The minimum absolute atomic E-state index is 0.373. The summed E-state index contributed by atoms with van der Waals surface area (Å²) in [4.78, 5) is 1.31. The summed E-state index contributed by atoms with van der Waals surface area (Å²) in [7, 11) is 0. The molecule has 0 saturated heterocycles. The maximum Gasteiger partial charge on any atom is 0.0932 e. The number of hydrogen-bond donors (Lipinski definition) is 0. The number of hydrogen-bond acceptors (Lipinski definition) is 1. The van der Waals surface area contributed by atoms with E-state index < -0.39 is 0 Å². The molecule has 1 atom stereocenters. The van der Waals surface area contributed by atoms with Crippen LogP contribution in [0, 0.1) is 13.8 Å². The highest BCUT2D eigenvalue weighted by molar-refractivity contribution is 7.16. The van der Waals surface area contributed by atoms with E-state index in [-0.39, 0.29) is 0 Å². The fourth-order valence-corrected chi connectivity index (χ4v) is 3.07. The first-order chi connectivity index (χ1) is 7.09. The van der Waals surface area contributed by atoms with Gasteiger partial charge >= 0.3 is 0 Å². The van der Waals surface area contributed by atoms with Crippen LogP contribution in [-0.4, -0.2) is 4.57 Å². The predicted octanol–water partition coefficient (Wildman–Crippen LogP) is 4.43. The second kappa shape index (κ2) is 4.03. The Balaban J connectivity index is 2.40. The van der Waals surface area contributed by atoms with Crippen LogP contribution in [0.2, 0.25) is 4.34 Å². The molecule has 0 aliphatic heterocycles. The Kier molecular flexibility index (Phi) is 2.89. The molecule has 2 aromatic heterocycles. The zero-order valence-electron chi connectivity index (χ0n) is 9.12. The summed E-state index contributed by atoms with van der Waals surface area (Å²) >= 11 is 7.61. The van der Waals surface area contributed by atoms with Crippen molar-refractivity contribution in [3.05, 3.63) is 44.9 Å². The average molecular weight is 240 g/mol. The largest absolute Gasteiger partial charge is 0.341 e. The molecule has 2 aromatic rings. The number of rotatable bonds is 2. The van der Waals surface area contributed by atoms with Gasteiger partial charge in [0.2, 0.25) is 0 Å². The molecule has 2 heterocycles. The van der Waals surface area contributed by atoms with Crippen LogP contribution >= 0.6 is 22.9 Å². The quantitative estimate of drug-likeness (QED) is 0.731. The van der Waals surface area contributed by atoms with Gasteiger partial charge in [0, 0.05) is 16.3 Å². The van der Waals surface area contributed by atoms with Crippen molar-refractivity contribution in [2.75, 3.05) is 0 Å². The minimum atomic E-state index is 0.373. The molecular formula is C12H14ClNS. The lowest BCUT2D eigenvalue weighted by Gasteiger charge is -2.16. The molecule has 0 aliphatic rings. The Bertz CT molecular complexity index is 450. The highest BCUT2D eigenvalue weighted by atomic mass is 35.5. The third kappa shape index (κ3) is 1.97. The molecule has 15 heavy (non-hydrogen) atoms. The average Bonchev–Trinajstić information content (AvgIpc) is 2.73. The van der Waals surface area contributed by atoms with Crippen molar-refractivity contribution < 1.29 is 0 Å². The highest BCUT2D eigenvalue weighted by Gasteiger charge is 2.13. The van der Waals surface area contributed by atoms with Crippen molar-refractivity contribution in [2.24, 2.45) is 0 Å². The van der Waals surface area contributed by atoms with E-state index in [2.05, 4.69) is 43.5 Å². The molecule has 3 heteroatoms. The molecular weight excluding hydrogens is 226 g/mol. The maximum absolute atomic E-state index is 5.95. The SMILES string of the molecule is Cc1ccc(C)n1C(C)c1ccc(Cl)s1. The first kappa shape index (κ1) is 10.8. The third-order valence-electron chi connectivity index (χ3n) is 2.72. The lowest BCUT2D eigenvalue weighted by molar-refractivity contribution is 0.620. The van der Waals surface area contributed by atoms with Crippen LogP contribution < -0.4 is 0 Å². The van der Waals surface area contributed by atoms with Crippen LogP contribution in [0.5, 0.6) is 0 Å². The van der Waals surface area contributed by atoms with Crippen LogP contribution in [-0.2, 0) is 0 Å². The number of halogens is 1. The van der Waals surface area contributed by atoms with E-state index in [0.29, 0.717) is 6.04 Å². The van der Waals surface area contributed by atoms with Gasteiger partial charge < -0.3 is 4.57 Å². The molecule has 0 N–H and O–H groups in total. The Labute approximate surface area is 99.3 Å². The van der Waals surface area contributed by atoms with Crippen LogP contribution in [0.25, 0.3) is 0 Å². The maximum atomic E-state index is 5.95. The summed E-state index contributed by atoms with van der Waals surface area (Å²) in [5.74, 6) is 0. The van der Waals surface area contributed by atoms with Crippen molar-refractivity contribution in [3.8, 4) is 0 Å². The molecule has 0 saturated carbocycles. The second-order valence-electron chi connectivity index (χ2n) is 3.80. The molecule has 0 spiro atoms. The lowest BCUT2D eigenvalue weighted by atomic mass is 10.2. The van der Waals surface area contributed by atoms with Gasteiger partial charge in [0.25, 0.3) is 0 Å². The van der Waals surface area contributed by atoms with E-state index in [9.17, 15) is 0 Å². The van der Waals surface area contributed by atoms with Crippen LogP contribution in [0.3, 0.4) is 0 Å². The summed E-state index contributed by atoms with van der Waals surface area (Å²) in [6, 6.07) is 8.75. The molecule has 0 aromatic carbocycles. The van der Waals surface area contributed by atoms with Gasteiger partial charge in [0.05, 0.1) is 10.4 Å². The standard InChI is InChI=1S/C12H14ClNS/c1-8-4-5-9(2)14(8)10(3)11-6-7-12(13)15-11/h4-7,10H,1-3H3. The zero-order chi connectivity index (χ0) is 11.0. The Morgan fingerprint density at radius 3 is 2.20 bits per heavy atom. The van der Waals surface area contributed by atoms with E-state index in [0.717, 1.165) is 4.34 Å². The minimum Gasteiger partial charge on any atom is -0.341 e. The summed E-state index contributed by atoms with van der Waals surface area (Å²) in [5, 5.41) is 0. The van der Waals surface area contributed by atoms with E-state index in [4.69, 9.17) is 11.6 Å². The summed E-state index contributed by atoms with van der Waals surface area (Å²) < 4.78 is 3.20.